The molecular weight excluding hydrogens is 264 g/mol. The molecule has 0 aliphatic rings. The number of hydrogen-bond acceptors (Lipinski definition) is 3. The molecule has 0 amide bonds. The second kappa shape index (κ2) is 7.25. The van der Waals surface area contributed by atoms with Gasteiger partial charge in [-0.15, -0.1) is 11.3 Å². The number of allylic oxidation sites excluding steroid dienone is 2. The van der Waals surface area contributed by atoms with Crippen LogP contribution in [0.5, 0.6) is 0 Å². The molecule has 0 aromatic carbocycles. The number of aryl methyl sites for hydroxylation is 1. The molecule has 1 N–H and O–H groups in total. The van der Waals surface area contributed by atoms with Gasteiger partial charge in [0.15, 0.2) is 0 Å². The fourth-order valence-corrected chi connectivity index (χ4v) is 3.32. The monoisotopic (exact) mass is 288 g/mol. The van der Waals surface area contributed by atoms with E-state index in [9.17, 15) is 0 Å². The van der Waals surface area contributed by atoms with Crippen molar-refractivity contribution in [3.63, 3.8) is 0 Å². The highest BCUT2D eigenvalue weighted by atomic mass is 32.1. The summed E-state index contributed by atoms with van der Waals surface area (Å²) >= 11 is 1.83. The minimum atomic E-state index is 0.473. The maximum Gasteiger partial charge on any atom is 0.0550 e. The largest absolute Gasteiger partial charge is 0.392 e. The van der Waals surface area contributed by atoms with Gasteiger partial charge >= 0.3 is 0 Å². The molecule has 108 valence electrons. The summed E-state index contributed by atoms with van der Waals surface area (Å²) in [5, 5.41) is 3.18. The molecular formula is C17H24N2S. The Hall–Kier alpha value is -1.61. The Morgan fingerprint density at radius 1 is 1.40 bits per heavy atom. The van der Waals surface area contributed by atoms with Crippen LogP contribution in [0.2, 0.25) is 0 Å². The zero-order chi connectivity index (χ0) is 15.3. The summed E-state index contributed by atoms with van der Waals surface area (Å²) in [6.45, 7) is 16.0. The molecule has 1 heterocycles. The van der Waals surface area contributed by atoms with E-state index in [1.165, 1.54) is 26.6 Å². The number of thiophene rings is 1. The highest BCUT2D eigenvalue weighted by Gasteiger charge is 2.15. The first kappa shape index (κ1) is 16.4. The average molecular weight is 288 g/mol. The normalized spacial score (nSPS) is 12.2. The first-order valence-corrected chi connectivity index (χ1v) is 7.55. The van der Waals surface area contributed by atoms with Gasteiger partial charge < -0.3 is 5.32 Å². The summed E-state index contributed by atoms with van der Waals surface area (Å²) in [6, 6.07) is 0. The van der Waals surface area contributed by atoms with Gasteiger partial charge in [0.25, 0.3) is 0 Å². The van der Waals surface area contributed by atoms with Crippen LogP contribution in [-0.2, 0) is 0 Å². The third-order valence-corrected chi connectivity index (χ3v) is 4.25. The van der Waals surface area contributed by atoms with Crippen molar-refractivity contribution in [3.05, 3.63) is 44.9 Å². The third-order valence-electron chi connectivity index (χ3n) is 3.16. The summed E-state index contributed by atoms with van der Waals surface area (Å²) in [5.41, 5.74) is 4.52. The van der Waals surface area contributed by atoms with Gasteiger partial charge in [-0.05, 0) is 49.8 Å². The van der Waals surface area contributed by atoms with Gasteiger partial charge in [-0.3, -0.25) is 4.99 Å². The van der Waals surface area contributed by atoms with Crippen LogP contribution >= 0.6 is 11.3 Å². The summed E-state index contributed by atoms with van der Waals surface area (Å²) in [4.78, 5) is 6.46. The maximum absolute atomic E-state index is 3.83. The van der Waals surface area contributed by atoms with Crippen molar-refractivity contribution in [1.82, 2.24) is 5.32 Å². The van der Waals surface area contributed by atoms with Crippen molar-refractivity contribution in [1.29, 1.82) is 0 Å². The zero-order valence-electron chi connectivity index (χ0n) is 13.1. The molecule has 2 nitrogen and oxygen atoms in total. The summed E-state index contributed by atoms with van der Waals surface area (Å²) in [6.07, 6.45) is 6.24. The summed E-state index contributed by atoms with van der Waals surface area (Å²) < 4.78 is 0. The molecule has 0 spiro atoms. The van der Waals surface area contributed by atoms with Gasteiger partial charge in [0.05, 0.1) is 5.70 Å². The first-order valence-electron chi connectivity index (χ1n) is 6.73. The molecule has 0 bridgehead atoms. The van der Waals surface area contributed by atoms with Gasteiger partial charge in [-0.1, -0.05) is 26.5 Å². The first-order chi connectivity index (χ1) is 9.40. The Morgan fingerprint density at radius 2 is 2.05 bits per heavy atom. The Bertz CT molecular complexity index is 560. The van der Waals surface area contributed by atoms with Crippen LogP contribution in [0.3, 0.4) is 0 Å². The minimum Gasteiger partial charge on any atom is -0.392 e. The van der Waals surface area contributed by atoms with E-state index in [2.05, 4.69) is 63.5 Å². The fraction of sp³-hybridized carbons (Fsp3) is 0.353. The highest BCUT2D eigenvalue weighted by Crippen LogP contribution is 2.36. The summed E-state index contributed by atoms with van der Waals surface area (Å²) in [7, 11) is 1.95. The van der Waals surface area contributed by atoms with Crippen molar-refractivity contribution in [2.75, 3.05) is 7.05 Å². The van der Waals surface area contributed by atoms with Crippen molar-refractivity contribution >= 4 is 30.2 Å². The fourth-order valence-electron chi connectivity index (χ4n) is 2.01. The van der Waals surface area contributed by atoms with Crippen molar-refractivity contribution in [3.8, 4) is 0 Å². The van der Waals surface area contributed by atoms with Crippen molar-refractivity contribution in [2.24, 2.45) is 4.99 Å². The van der Waals surface area contributed by atoms with E-state index < -0.39 is 0 Å². The van der Waals surface area contributed by atoms with Gasteiger partial charge in [-0.25, -0.2) is 0 Å². The van der Waals surface area contributed by atoms with Crippen LogP contribution in [0.25, 0.3) is 12.2 Å². The lowest BCUT2D eigenvalue weighted by molar-refractivity contribution is 0.866. The van der Waals surface area contributed by atoms with Crippen LogP contribution < -0.4 is 5.32 Å². The Morgan fingerprint density at radius 3 is 2.55 bits per heavy atom. The van der Waals surface area contributed by atoms with Gasteiger partial charge in [0.1, 0.15) is 0 Å². The molecule has 0 fully saturated rings. The van der Waals surface area contributed by atoms with E-state index in [4.69, 9.17) is 0 Å². The smallest absolute Gasteiger partial charge is 0.0550 e. The number of hydrogen-bond donors (Lipinski definition) is 1. The van der Waals surface area contributed by atoms with E-state index in [0.29, 0.717) is 11.6 Å². The minimum absolute atomic E-state index is 0.473. The number of nitrogens with one attached hydrogen (secondary N) is 1. The lowest BCUT2D eigenvalue weighted by Crippen LogP contribution is -2.01. The molecule has 1 rings (SSSR count). The molecule has 0 unspecified atom stereocenters. The standard InChI is InChI=1S/C17H24N2S/c1-11(2)17-15(9-8-12(3)18-6)14(5)20-16(17)10-13(4)19-7/h8-11,19H,3,6H2,1-2,4-5,7H3/b9-8-,13-10+. The van der Waals surface area contributed by atoms with Gasteiger partial charge in [0, 0.05) is 22.5 Å². The highest BCUT2D eigenvalue weighted by molar-refractivity contribution is 7.13. The molecule has 0 aliphatic carbocycles. The quantitative estimate of drug-likeness (QED) is 0.579. The molecule has 0 atom stereocenters. The van der Waals surface area contributed by atoms with E-state index in [0.717, 1.165) is 0 Å². The van der Waals surface area contributed by atoms with Crippen molar-refractivity contribution in [2.45, 2.75) is 33.6 Å². The Balaban J connectivity index is 3.34. The third kappa shape index (κ3) is 3.94. The Labute approximate surface area is 126 Å². The Kier molecular flexibility index (Phi) is 5.96. The lowest BCUT2D eigenvalue weighted by atomic mass is 9.97. The van der Waals surface area contributed by atoms with E-state index >= 15 is 0 Å². The lowest BCUT2D eigenvalue weighted by Gasteiger charge is -2.08. The topological polar surface area (TPSA) is 24.4 Å². The van der Waals surface area contributed by atoms with Gasteiger partial charge in [-0.2, -0.15) is 0 Å². The van der Waals surface area contributed by atoms with Crippen LogP contribution in [0, 0.1) is 6.92 Å². The van der Waals surface area contributed by atoms with Crippen LogP contribution in [0.4, 0.5) is 0 Å². The van der Waals surface area contributed by atoms with Crippen LogP contribution in [0.1, 0.15) is 47.6 Å². The van der Waals surface area contributed by atoms with Gasteiger partial charge in [0.2, 0.25) is 0 Å². The molecule has 20 heavy (non-hydrogen) atoms. The molecule has 1 aromatic heterocycles. The number of aliphatic imine (C=N–C) groups is 1. The SMILES string of the molecule is C=NC(=C)/C=C\c1c(C)sc(/C=C(\C)NC)c1C(C)C. The average Bonchev–Trinajstić information content (AvgIpc) is 2.71. The van der Waals surface area contributed by atoms with E-state index in [1.54, 1.807) is 0 Å². The van der Waals surface area contributed by atoms with Crippen LogP contribution in [-0.4, -0.2) is 13.8 Å². The molecule has 1 aromatic rings. The maximum atomic E-state index is 3.83. The van der Waals surface area contributed by atoms with E-state index in [1.807, 2.05) is 24.5 Å². The molecule has 0 aliphatic heterocycles. The zero-order valence-corrected chi connectivity index (χ0v) is 13.9. The molecule has 3 heteroatoms. The predicted octanol–water partition coefficient (Wildman–Crippen LogP) is 4.99. The van der Waals surface area contributed by atoms with Crippen molar-refractivity contribution < 1.29 is 0 Å². The molecule has 0 radical (unpaired) electrons. The summed E-state index contributed by atoms with van der Waals surface area (Å²) in [5.74, 6) is 0.473. The molecule has 0 saturated heterocycles. The second-order valence-electron chi connectivity index (χ2n) is 5.06. The molecule has 0 saturated carbocycles. The van der Waals surface area contributed by atoms with E-state index in [-0.39, 0.29) is 0 Å². The van der Waals surface area contributed by atoms with Crippen LogP contribution in [0.15, 0.2) is 29.0 Å². The number of nitrogens with zero attached hydrogens (tertiary/aromatic N) is 1. The second-order valence-corrected chi connectivity index (χ2v) is 6.32. The predicted molar refractivity (Wildman–Crippen MR) is 93.6 cm³/mol. The number of rotatable bonds is 6.